The van der Waals surface area contributed by atoms with Gasteiger partial charge in [-0.05, 0) is 60.1 Å². The number of nitrogens with zero attached hydrogens (tertiary/aromatic N) is 1. The second-order valence-corrected chi connectivity index (χ2v) is 16.8. The zero-order chi connectivity index (χ0) is 41.4. The number of carboxylic acid groups (broad SMARTS) is 1. The lowest BCUT2D eigenvalue weighted by molar-refractivity contribution is -0.123. The molecule has 2 amide bonds. The Morgan fingerprint density at radius 3 is 1.96 bits per heavy atom. The molecule has 0 aromatic heterocycles. The molecular weight excluding hydrogens is 797 g/mol. The summed E-state index contributed by atoms with van der Waals surface area (Å²) in [4.78, 5) is 35.0. The predicted molar refractivity (Wildman–Crippen MR) is 215 cm³/mol. The van der Waals surface area contributed by atoms with Crippen LogP contribution < -0.4 is 20.1 Å². The van der Waals surface area contributed by atoms with Crippen LogP contribution in [-0.2, 0) is 53.7 Å². The van der Waals surface area contributed by atoms with Crippen molar-refractivity contribution in [3.63, 3.8) is 0 Å². The van der Waals surface area contributed by atoms with Crippen molar-refractivity contribution < 1.29 is 58.3 Å². The molecule has 2 unspecified atom stereocenters. The molecule has 0 spiro atoms. The van der Waals surface area contributed by atoms with Crippen molar-refractivity contribution in [3.8, 4) is 23.3 Å². The molecule has 0 saturated carbocycles. The van der Waals surface area contributed by atoms with E-state index in [9.17, 15) is 26.4 Å². The van der Waals surface area contributed by atoms with Gasteiger partial charge in [0.25, 0.3) is 26.7 Å². The number of hydrogen-bond donors (Lipinski definition) is 3. The summed E-state index contributed by atoms with van der Waals surface area (Å²) in [5.41, 5.74) is 7.66. The first kappa shape index (κ1) is 49.5. The van der Waals surface area contributed by atoms with E-state index in [-0.39, 0.29) is 68.7 Å². The molecule has 2 aromatic rings. The van der Waals surface area contributed by atoms with E-state index < -0.39 is 38.0 Å². The summed E-state index contributed by atoms with van der Waals surface area (Å²) in [6.07, 6.45) is 2.97. The van der Waals surface area contributed by atoms with Crippen LogP contribution in [0.25, 0.3) is 0 Å². The van der Waals surface area contributed by atoms with Crippen LogP contribution in [0.5, 0.6) is 11.5 Å². The van der Waals surface area contributed by atoms with Gasteiger partial charge in [0.05, 0.1) is 58.3 Å². The van der Waals surface area contributed by atoms with E-state index >= 15 is 0 Å². The number of amides is 2. The summed E-state index contributed by atoms with van der Waals surface area (Å²) in [6.45, 7) is 4.29. The Kier molecular flexibility index (Phi) is 23.7. The van der Waals surface area contributed by atoms with Crippen LogP contribution >= 0.6 is 24.7 Å². The molecule has 0 saturated heterocycles. The van der Waals surface area contributed by atoms with Gasteiger partial charge in [-0.3, -0.25) is 22.7 Å². The van der Waals surface area contributed by atoms with Crippen LogP contribution in [0.15, 0.2) is 36.4 Å². The average molecular weight is 849 g/mol. The zero-order valence-corrected chi connectivity index (χ0v) is 35.1. The number of benzene rings is 2. The van der Waals surface area contributed by atoms with Crippen LogP contribution in [0.2, 0.25) is 0 Å². The quantitative estimate of drug-likeness (QED) is 0.0527. The smallest absolute Gasteiger partial charge is 0.290 e. The molecule has 19 heteroatoms. The fourth-order valence-corrected chi connectivity index (χ4v) is 7.56. The van der Waals surface area contributed by atoms with Gasteiger partial charge in [-0.1, -0.05) is 38.5 Å². The van der Waals surface area contributed by atoms with Crippen LogP contribution in [-0.4, -0.2) is 97.8 Å². The third kappa shape index (κ3) is 19.3. The molecule has 3 rings (SSSR count). The van der Waals surface area contributed by atoms with Crippen molar-refractivity contribution in [2.24, 2.45) is 17.6 Å². The van der Waals surface area contributed by atoms with E-state index in [2.05, 4.69) is 46.7 Å². The lowest BCUT2D eigenvalue weighted by Gasteiger charge is -2.27. The number of ether oxygens (including phenoxy) is 2. The first-order chi connectivity index (χ1) is 26.1. The maximum absolute atomic E-state index is 13.7. The van der Waals surface area contributed by atoms with Crippen molar-refractivity contribution >= 4 is 68.9 Å². The molecule has 1 aliphatic rings. The minimum atomic E-state index is -3.75. The monoisotopic (exact) mass is 848 g/mol. The first-order valence-corrected chi connectivity index (χ1v) is 21.9. The molecule has 1 aliphatic heterocycles. The maximum atomic E-state index is 13.7. The van der Waals surface area contributed by atoms with Crippen LogP contribution in [0.3, 0.4) is 0 Å². The summed E-state index contributed by atoms with van der Waals surface area (Å²) >= 11 is 5.36. The van der Waals surface area contributed by atoms with E-state index in [1.807, 2.05) is 0 Å². The van der Waals surface area contributed by atoms with Gasteiger partial charge in [-0.25, -0.2) is 0 Å². The number of rotatable bonds is 21. The van der Waals surface area contributed by atoms with Gasteiger partial charge in [-0.15, -0.1) is 0 Å². The number of thiol groups is 1. The van der Waals surface area contributed by atoms with Crippen LogP contribution in [0.4, 0.5) is 5.69 Å². The molecule has 0 fully saturated rings. The Labute approximate surface area is 334 Å². The van der Waals surface area contributed by atoms with E-state index in [1.54, 1.807) is 41.3 Å². The molecule has 0 bridgehead atoms. The number of anilines is 1. The van der Waals surface area contributed by atoms with Gasteiger partial charge >= 0.3 is 0 Å². The number of carbonyl (C=O) groups is 3. The van der Waals surface area contributed by atoms with E-state index in [0.29, 0.717) is 39.6 Å². The molecule has 308 valence electrons. The molecule has 0 radical (unpaired) electrons. The summed E-state index contributed by atoms with van der Waals surface area (Å²) in [5.74, 6) is 5.47. The highest BCUT2D eigenvalue weighted by Crippen LogP contribution is 2.32. The number of unbranched alkanes of at least 4 members (excludes halogenated alkanes) is 1. The fourth-order valence-electron chi connectivity index (χ4n) is 4.61. The van der Waals surface area contributed by atoms with Crippen LogP contribution in [0.1, 0.15) is 62.6 Å². The largest absolute Gasteiger partial charge is 0.493 e. The summed E-state index contributed by atoms with van der Waals surface area (Å²) in [7, 11) is -3.78. The average Bonchev–Trinajstić information content (AvgIpc) is 3.15. The Hall–Kier alpha value is -3.51. The minimum absolute atomic E-state index is 0.0300. The molecule has 55 heavy (non-hydrogen) atoms. The Bertz CT molecular complexity index is 1790. The Balaban J connectivity index is 0.00000199. The van der Waals surface area contributed by atoms with Gasteiger partial charge in [0.15, 0.2) is 0 Å². The van der Waals surface area contributed by atoms with Crippen molar-refractivity contribution in [2.75, 3.05) is 62.5 Å². The zero-order valence-electron chi connectivity index (χ0n) is 31.7. The van der Waals surface area contributed by atoms with Crippen molar-refractivity contribution in [1.29, 1.82) is 0 Å². The van der Waals surface area contributed by atoms with Gasteiger partial charge in [0.1, 0.15) is 11.5 Å². The Morgan fingerprint density at radius 1 is 0.909 bits per heavy atom. The van der Waals surface area contributed by atoms with Crippen molar-refractivity contribution in [1.82, 2.24) is 0 Å². The Morgan fingerprint density at radius 2 is 1.44 bits per heavy atom. The van der Waals surface area contributed by atoms with Gasteiger partial charge < -0.3 is 29.4 Å². The summed E-state index contributed by atoms with van der Waals surface area (Å²) in [5, 5.41) is 6.89. The third-order valence-electron chi connectivity index (χ3n) is 7.65. The second-order valence-electron chi connectivity index (χ2n) is 11.9. The second kappa shape index (κ2) is 26.4. The highest BCUT2D eigenvalue weighted by Gasteiger charge is 2.25. The number of hydrogen-bond acceptors (Lipinski definition) is 14. The summed E-state index contributed by atoms with van der Waals surface area (Å²) < 4.78 is 74.3. The molecular formula is C36H52N2O13S4. The topological polar surface area (TPSA) is 215 Å². The van der Waals surface area contributed by atoms with Gasteiger partial charge in [-0.2, -0.15) is 29.5 Å². The molecule has 1 heterocycles. The molecule has 15 nitrogen and oxygen atoms in total. The summed E-state index contributed by atoms with van der Waals surface area (Å²) in [6, 6.07) is 10.3. The van der Waals surface area contributed by atoms with Gasteiger partial charge in [0.2, 0.25) is 11.8 Å². The van der Waals surface area contributed by atoms with E-state index in [0.717, 1.165) is 26.3 Å². The standard InChI is InChI=1S/C31H40N2O11S4.C4H10.CH2O2/c1-40-46-19-23(21-48(38,39)42-3)17-44-27-11-9-24-7-8-25-10-12-28(43-16-22(18-45)20-47(36,37)41-2)14-29(25)33(15-26(24)13-27)31(35)6-4-5-30(32)34;1-3-4-2;2-1-3/h9-14,22-23,45H,4-6,15-21H2,1-3H3,(H2,32,34);3-4H2,1-2H3;1H,(H,2,3). The highest BCUT2D eigenvalue weighted by molar-refractivity contribution is 7.94. The molecule has 2 atom stereocenters. The van der Waals surface area contributed by atoms with Gasteiger partial charge in [0, 0.05) is 47.6 Å². The van der Waals surface area contributed by atoms with Crippen molar-refractivity contribution in [3.05, 3.63) is 53.1 Å². The van der Waals surface area contributed by atoms with E-state index in [1.165, 1.54) is 20.0 Å². The highest BCUT2D eigenvalue weighted by atomic mass is 32.2. The number of nitrogens with two attached hydrogens (primary N) is 1. The third-order valence-corrected chi connectivity index (χ3v) is 11.8. The maximum Gasteiger partial charge on any atom is 0.290 e. The van der Waals surface area contributed by atoms with E-state index in [4.69, 9.17) is 29.3 Å². The lowest BCUT2D eigenvalue weighted by atomic mass is 10.0. The predicted octanol–water partition coefficient (Wildman–Crippen LogP) is 4.26. The SMILES string of the molecule is CCCC.COSCC(COc1ccc2c(c1)CN(C(=O)CCCC(N)=O)c1cc(OCC(CS)CS(=O)(=O)OC)ccc1C#C2)CS(=O)(=O)OC.O=CO. The molecule has 2 aromatic carbocycles. The van der Waals surface area contributed by atoms with Crippen molar-refractivity contribution in [2.45, 2.75) is 52.5 Å². The normalized spacial score (nSPS) is 12.9. The first-order valence-electron chi connectivity index (χ1n) is 17.2. The molecule has 0 aliphatic carbocycles. The minimum Gasteiger partial charge on any atom is -0.493 e. The number of carbonyl (C=O) groups excluding carboxylic acids is 2. The lowest BCUT2D eigenvalue weighted by Crippen LogP contribution is -2.32. The molecule has 3 N–H and O–H groups in total. The van der Waals surface area contributed by atoms with Crippen LogP contribution in [0, 0.1) is 23.7 Å². The number of fused-ring (bicyclic) bond motifs is 2. The fraction of sp³-hybridized carbons (Fsp3) is 0.528. The number of primary amides is 1.